The number of nitrogens with one attached hydrogen (secondary N) is 2. The van der Waals surface area contributed by atoms with Gasteiger partial charge in [0.05, 0.1) is 6.61 Å². The van der Waals surface area contributed by atoms with Crippen LogP contribution >= 0.6 is 0 Å². The minimum atomic E-state index is -0.220. The lowest BCUT2D eigenvalue weighted by molar-refractivity contribution is 0.207. The van der Waals surface area contributed by atoms with E-state index in [1.807, 2.05) is 12.1 Å². The van der Waals surface area contributed by atoms with E-state index in [4.69, 9.17) is 0 Å². The van der Waals surface area contributed by atoms with Crippen molar-refractivity contribution in [3.63, 3.8) is 0 Å². The zero-order valence-corrected chi connectivity index (χ0v) is 11.4. The fraction of sp³-hybridized carbons (Fsp3) is 0.533. The molecule has 108 valence electrons. The Balaban J connectivity index is 1.62. The van der Waals surface area contributed by atoms with Gasteiger partial charge in [0.15, 0.2) is 5.96 Å². The van der Waals surface area contributed by atoms with Crippen molar-refractivity contribution in [2.24, 2.45) is 10.4 Å². The maximum absolute atomic E-state index is 13.0. The number of aliphatic imine (C=N–C) groups is 1. The maximum atomic E-state index is 13.0. The van der Waals surface area contributed by atoms with Crippen LogP contribution in [0.3, 0.4) is 0 Å². The van der Waals surface area contributed by atoms with Crippen LogP contribution in [0.1, 0.15) is 24.3 Å². The van der Waals surface area contributed by atoms with Gasteiger partial charge in [-0.1, -0.05) is 12.1 Å². The number of nitrogens with zero attached hydrogens (tertiary/aromatic N) is 1. The molecule has 4 nitrogen and oxygen atoms in total. The van der Waals surface area contributed by atoms with Gasteiger partial charge in [0.25, 0.3) is 0 Å². The van der Waals surface area contributed by atoms with Gasteiger partial charge in [0.1, 0.15) is 5.82 Å². The van der Waals surface area contributed by atoms with E-state index in [0.717, 1.165) is 37.5 Å². The normalized spacial score (nSPS) is 28.5. The summed E-state index contributed by atoms with van der Waals surface area (Å²) in [6.07, 6.45) is 1.99. The van der Waals surface area contributed by atoms with Crippen molar-refractivity contribution in [3.05, 3.63) is 35.6 Å². The fourth-order valence-corrected chi connectivity index (χ4v) is 2.85. The van der Waals surface area contributed by atoms with Crippen LogP contribution in [0.4, 0.5) is 4.39 Å². The fourth-order valence-electron chi connectivity index (χ4n) is 2.85. The number of benzene rings is 1. The summed E-state index contributed by atoms with van der Waals surface area (Å²) in [4.78, 5) is 4.37. The molecule has 5 heteroatoms. The van der Waals surface area contributed by atoms with Crippen molar-refractivity contribution in [1.29, 1.82) is 0 Å². The highest BCUT2D eigenvalue weighted by Crippen LogP contribution is 2.58. The Kier molecular flexibility index (Phi) is 3.61. The quantitative estimate of drug-likeness (QED) is 0.776. The SMILES string of the molecule is OCC1(CNC2=NCCCN2)CC1c1ccc(F)cc1. The Morgan fingerprint density at radius 1 is 1.40 bits per heavy atom. The molecule has 3 rings (SSSR count). The maximum Gasteiger partial charge on any atom is 0.191 e. The molecule has 0 bridgehead atoms. The molecule has 2 atom stereocenters. The third kappa shape index (κ3) is 2.63. The molecule has 1 heterocycles. The lowest BCUT2D eigenvalue weighted by Gasteiger charge is -2.20. The van der Waals surface area contributed by atoms with Gasteiger partial charge in [-0.15, -0.1) is 0 Å². The number of halogens is 1. The highest BCUT2D eigenvalue weighted by molar-refractivity contribution is 5.80. The van der Waals surface area contributed by atoms with Crippen molar-refractivity contribution in [2.75, 3.05) is 26.2 Å². The van der Waals surface area contributed by atoms with Gasteiger partial charge in [0, 0.05) is 25.0 Å². The van der Waals surface area contributed by atoms with E-state index in [1.54, 1.807) is 0 Å². The largest absolute Gasteiger partial charge is 0.396 e. The van der Waals surface area contributed by atoms with E-state index in [9.17, 15) is 9.50 Å². The predicted molar refractivity (Wildman–Crippen MR) is 76.2 cm³/mol. The molecule has 0 radical (unpaired) electrons. The summed E-state index contributed by atoms with van der Waals surface area (Å²) in [5.41, 5.74) is 0.959. The lowest BCUT2D eigenvalue weighted by Crippen LogP contribution is -2.43. The molecule has 0 saturated heterocycles. The Hall–Kier alpha value is -1.62. The number of rotatable bonds is 4. The van der Waals surface area contributed by atoms with Crippen molar-refractivity contribution in [1.82, 2.24) is 10.6 Å². The Morgan fingerprint density at radius 3 is 2.85 bits per heavy atom. The van der Waals surface area contributed by atoms with Crippen LogP contribution in [0.2, 0.25) is 0 Å². The van der Waals surface area contributed by atoms with Crippen LogP contribution in [0.5, 0.6) is 0 Å². The van der Waals surface area contributed by atoms with Gasteiger partial charge in [-0.2, -0.15) is 0 Å². The molecule has 0 amide bonds. The first-order valence-electron chi connectivity index (χ1n) is 7.12. The first-order chi connectivity index (χ1) is 9.73. The van der Waals surface area contributed by atoms with Crippen molar-refractivity contribution in [2.45, 2.75) is 18.8 Å². The summed E-state index contributed by atoms with van der Waals surface area (Å²) >= 11 is 0. The van der Waals surface area contributed by atoms with Crippen LogP contribution in [0, 0.1) is 11.2 Å². The van der Waals surface area contributed by atoms with Crippen LogP contribution in [-0.2, 0) is 0 Å². The van der Waals surface area contributed by atoms with E-state index in [2.05, 4.69) is 15.6 Å². The molecule has 1 aromatic rings. The topological polar surface area (TPSA) is 56.6 Å². The number of hydrogen-bond donors (Lipinski definition) is 3. The van der Waals surface area contributed by atoms with Crippen LogP contribution in [0.25, 0.3) is 0 Å². The summed E-state index contributed by atoms with van der Waals surface area (Å²) in [5, 5.41) is 16.2. The third-order valence-corrected chi connectivity index (χ3v) is 4.28. The zero-order chi connectivity index (χ0) is 14.0. The van der Waals surface area contributed by atoms with Gasteiger partial charge < -0.3 is 15.7 Å². The van der Waals surface area contributed by atoms with Crippen LogP contribution < -0.4 is 10.6 Å². The van der Waals surface area contributed by atoms with Gasteiger partial charge in [-0.3, -0.25) is 4.99 Å². The molecule has 1 aliphatic carbocycles. The first-order valence-corrected chi connectivity index (χ1v) is 7.12. The Morgan fingerprint density at radius 2 is 2.20 bits per heavy atom. The molecule has 1 aromatic carbocycles. The Labute approximate surface area is 118 Å². The second-order valence-electron chi connectivity index (χ2n) is 5.69. The number of guanidine groups is 1. The molecule has 0 spiro atoms. The average Bonchev–Trinajstić information content (AvgIpc) is 3.22. The second kappa shape index (κ2) is 5.40. The second-order valence-corrected chi connectivity index (χ2v) is 5.69. The summed E-state index contributed by atoms with van der Waals surface area (Å²) in [6, 6.07) is 6.59. The molecule has 2 unspecified atom stereocenters. The van der Waals surface area contributed by atoms with Crippen molar-refractivity contribution in [3.8, 4) is 0 Å². The monoisotopic (exact) mass is 277 g/mol. The molecule has 1 saturated carbocycles. The summed E-state index contributed by atoms with van der Waals surface area (Å²) < 4.78 is 13.0. The predicted octanol–water partition coefficient (Wildman–Crippen LogP) is 1.23. The van der Waals surface area contributed by atoms with E-state index in [0.29, 0.717) is 12.5 Å². The van der Waals surface area contributed by atoms with Crippen LogP contribution in [0.15, 0.2) is 29.3 Å². The van der Waals surface area contributed by atoms with Gasteiger partial charge in [-0.05, 0) is 36.5 Å². The van der Waals surface area contributed by atoms with Crippen molar-refractivity contribution >= 4 is 5.96 Å². The van der Waals surface area contributed by atoms with Gasteiger partial charge in [-0.25, -0.2) is 4.39 Å². The smallest absolute Gasteiger partial charge is 0.191 e. The Bertz CT molecular complexity index is 502. The molecular formula is C15H20FN3O. The number of hydrogen-bond acceptors (Lipinski definition) is 4. The lowest BCUT2D eigenvalue weighted by atomic mass is 10.00. The third-order valence-electron chi connectivity index (χ3n) is 4.28. The summed E-state index contributed by atoms with van der Waals surface area (Å²) in [6.45, 7) is 2.62. The van der Waals surface area contributed by atoms with E-state index >= 15 is 0 Å². The molecule has 3 N–H and O–H groups in total. The first kappa shape index (κ1) is 13.4. The van der Waals surface area contributed by atoms with Crippen LogP contribution in [-0.4, -0.2) is 37.3 Å². The summed E-state index contributed by atoms with van der Waals surface area (Å²) in [5.74, 6) is 0.904. The molecular weight excluding hydrogens is 257 g/mol. The molecule has 1 aliphatic heterocycles. The standard InChI is InChI=1S/C15H20FN3O/c16-12-4-2-11(3-5-12)13-8-15(13,10-20)9-19-14-17-6-1-7-18-14/h2-5,13,20H,1,6-10H2,(H2,17,18,19). The van der Waals surface area contributed by atoms with E-state index < -0.39 is 0 Å². The van der Waals surface area contributed by atoms with Gasteiger partial charge in [0.2, 0.25) is 0 Å². The molecule has 2 aliphatic rings. The zero-order valence-electron chi connectivity index (χ0n) is 11.4. The molecule has 20 heavy (non-hydrogen) atoms. The average molecular weight is 277 g/mol. The van der Waals surface area contributed by atoms with Gasteiger partial charge >= 0.3 is 0 Å². The minimum Gasteiger partial charge on any atom is -0.396 e. The minimum absolute atomic E-state index is 0.134. The highest BCUT2D eigenvalue weighted by Gasteiger charge is 2.54. The summed E-state index contributed by atoms with van der Waals surface area (Å²) in [7, 11) is 0. The number of aliphatic hydroxyl groups excluding tert-OH is 1. The molecule has 1 fully saturated rings. The van der Waals surface area contributed by atoms with E-state index in [1.165, 1.54) is 12.1 Å². The van der Waals surface area contributed by atoms with Crippen molar-refractivity contribution < 1.29 is 9.50 Å². The molecule has 0 aromatic heterocycles. The number of aliphatic hydroxyl groups is 1. The highest BCUT2D eigenvalue weighted by atomic mass is 19.1. The van der Waals surface area contributed by atoms with E-state index in [-0.39, 0.29) is 17.8 Å².